The van der Waals surface area contributed by atoms with Crippen LogP contribution in [0.5, 0.6) is 5.88 Å². The largest absolute Gasteiger partial charge is 0.474 e. The average Bonchev–Trinajstić information content (AvgIpc) is 3.13. The van der Waals surface area contributed by atoms with Gasteiger partial charge in [0.15, 0.2) is 0 Å². The number of hydrogen-bond donors (Lipinski definition) is 0. The normalized spacial score (nSPS) is 28.2. The molecule has 3 heterocycles. The number of carbonyl (C=O) groups excluding carboxylic acids is 1. The van der Waals surface area contributed by atoms with Gasteiger partial charge < -0.3 is 9.47 Å². The van der Waals surface area contributed by atoms with Gasteiger partial charge in [-0.15, -0.1) is 11.3 Å². The van der Waals surface area contributed by atoms with Crippen molar-refractivity contribution in [2.24, 2.45) is 5.92 Å². The van der Waals surface area contributed by atoms with Crippen LogP contribution in [-0.4, -0.2) is 59.1 Å². The van der Waals surface area contributed by atoms with Crippen molar-refractivity contribution < 1.29 is 14.3 Å². The molecule has 1 saturated heterocycles. The van der Waals surface area contributed by atoms with Gasteiger partial charge in [0.25, 0.3) is 0 Å². The summed E-state index contributed by atoms with van der Waals surface area (Å²) in [4.78, 5) is 25.9. The number of carbonyl (C=O) groups is 1. The minimum atomic E-state index is 0.123. The maximum atomic E-state index is 12.0. The van der Waals surface area contributed by atoms with Gasteiger partial charge >= 0.3 is 0 Å². The number of nitrogens with zero attached hydrogens (tertiary/aromatic N) is 3. The molecule has 1 saturated carbocycles. The first-order valence-corrected chi connectivity index (χ1v) is 11.7. The average molecular weight is 416 g/mol. The molecule has 29 heavy (non-hydrogen) atoms. The number of ketones is 1. The quantitative estimate of drug-likeness (QED) is 0.763. The summed E-state index contributed by atoms with van der Waals surface area (Å²) >= 11 is 1.75. The highest BCUT2D eigenvalue weighted by Gasteiger charge is 2.31. The molecule has 156 valence electrons. The molecule has 6 nitrogen and oxygen atoms in total. The lowest BCUT2D eigenvalue weighted by Gasteiger charge is -2.38. The van der Waals surface area contributed by atoms with Crippen LogP contribution in [0.3, 0.4) is 0 Å². The summed E-state index contributed by atoms with van der Waals surface area (Å²) in [5, 5.41) is 1.06. The molecule has 0 spiro atoms. The molecule has 2 fully saturated rings. The van der Waals surface area contributed by atoms with Crippen molar-refractivity contribution in [2.75, 3.05) is 26.3 Å². The fraction of sp³-hybridized carbons (Fsp3) is 0.682. The molecule has 0 radical (unpaired) electrons. The molecule has 0 N–H and O–H groups in total. The third-order valence-corrected chi connectivity index (χ3v) is 8.07. The molecule has 0 amide bonds. The maximum Gasteiger partial charge on any atom is 0.225 e. The Kier molecular flexibility index (Phi) is 5.54. The molecular formula is C22H29N3O3S. The summed E-state index contributed by atoms with van der Waals surface area (Å²) in [5.41, 5.74) is 1.26. The first-order valence-electron chi connectivity index (χ1n) is 10.9. The minimum Gasteiger partial charge on any atom is -0.474 e. The second-order valence-electron chi connectivity index (χ2n) is 8.61. The van der Waals surface area contributed by atoms with Gasteiger partial charge in [-0.1, -0.05) is 0 Å². The Morgan fingerprint density at radius 2 is 1.97 bits per heavy atom. The zero-order valence-electron chi connectivity index (χ0n) is 17.1. The second kappa shape index (κ2) is 8.28. The number of rotatable bonds is 4. The molecule has 0 unspecified atom stereocenters. The fourth-order valence-electron chi connectivity index (χ4n) is 5.14. The van der Waals surface area contributed by atoms with Gasteiger partial charge in [0.05, 0.1) is 18.6 Å². The number of ether oxygens (including phenoxy) is 2. The van der Waals surface area contributed by atoms with Crippen molar-refractivity contribution >= 4 is 27.3 Å². The van der Waals surface area contributed by atoms with E-state index in [1.54, 1.807) is 24.6 Å². The summed E-state index contributed by atoms with van der Waals surface area (Å²) in [6, 6.07) is 0.661. The lowest BCUT2D eigenvalue weighted by atomic mass is 9.85. The van der Waals surface area contributed by atoms with Crippen molar-refractivity contribution in [1.29, 1.82) is 0 Å². The monoisotopic (exact) mass is 415 g/mol. The molecule has 5 rings (SSSR count). The SMILES string of the molecule is CC(=O)[C@H]1CCc2sc3ncnc(O[C@H]4CC[C@H](N5CCOCC5)CC4)c3c2C1. The van der Waals surface area contributed by atoms with Crippen molar-refractivity contribution in [2.45, 2.75) is 64.0 Å². The van der Waals surface area contributed by atoms with Gasteiger partial charge in [0.1, 0.15) is 23.0 Å². The van der Waals surface area contributed by atoms with Crippen LogP contribution in [-0.2, 0) is 22.4 Å². The van der Waals surface area contributed by atoms with Gasteiger partial charge in [-0.2, -0.15) is 0 Å². The van der Waals surface area contributed by atoms with E-state index in [0.717, 1.165) is 74.5 Å². The molecular weight excluding hydrogens is 386 g/mol. The number of fused-ring (bicyclic) bond motifs is 3. The molecule has 3 aliphatic rings. The predicted octanol–water partition coefficient (Wildman–Crippen LogP) is 3.41. The summed E-state index contributed by atoms with van der Waals surface area (Å²) in [7, 11) is 0. The molecule has 0 bridgehead atoms. The molecule has 2 aliphatic carbocycles. The Hall–Kier alpha value is -1.57. The third-order valence-electron chi connectivity index (χ3n) is 6.87. The van der Waals surface area contributed by atoms with E-state index in [2.05, 4.69) is 14.9 Å². The minimum absolute atomic E-state index is 0.123. The van der Waals surface area contributed by atoms with E-state index in [1.807, 2.05) is 0 Å². The van der Waals surface area contributed by atoms with Gasteiger partial charge in [-0.3, -0.25) is 9.69 Å². The number of thiophene rings is 1. The van der Waals surface area contributed by atoms with Crippen molar-refractivity contribution in [1.82, 2.24) is 14.9 Å². The zero-order chi connectivity index (χ0) is 19.8. The highest BCUT2D eigenvalue weighted by Crippen LogP contribution is 2.41. The van der Waals surface area contributed by atoms with E-state index in [-0.39, 0.29) is 17.8 Å². The van der Waals surface area contributed by atoms with Crippen LogP contribution >= 0.6 is 11.3 Å². The van der Waals surface area contributed by atoms with Crippen LogP contribution in [0.4, 0.5) is 0 Å². The summed E-state index contributed by atoms with van der Waals surface area (Å²) in [5.74, 6) is 1.14. The van der Waals surface area contributed by atoms with E-state index >= 15 is 0 Å². The predicted molar refractivity (Wildman–Crippen MR) is 113 cm³/mol. The third kappa shape index (κ3) is 3.92. The van der Waals surface area contributed by atoms with Crippen LogP contribution in [0.1, 0.15) is 49.5 Å². The Balaban J connectivity index is 1.31. The molecule has 2 aromatic rings. The molecule has 7 heteroatoms. The van der Waals surface area contributed by atoms with Gasteiger partial charge in [-0.25, -0.2) is 9.97 Å². The Morgan fingerprint density at radius 3 is 2.72 bits per heavy atom. The van der Waals surface area contributed by atoms with E-state index in [9.17, 15) is 4.79 Å². The van der Waals surface area contributed by atoms with Crippen LogP contribution in [0.15, 0.2) is 6.33 Å². The first kappa shape index (κ1) is 19.4. The number of aromatic nitrogens is 2. The summed E-state index contributed by atoms with van der Waals surface area (Å²) in [6.45, 7) is 5.55. The van der Waals surface area contributed by atoms with E-state index in [0.29, 0.717) is 6.04 Å². The van der Waals surface area contributed by atoms with Gasteiger partial charge in [-0.05, 0) is 57.4 Å². The van der Waals surface area contributed by atoms with Gasteiger partial charge in [0.2, 0.25) is 5.88 Å². The van der Waals surface area contributed by atoms with Crippen molar-refractivity contribution in [3.8, 4) is 5.88 Å². The van der Waals surface area contributed by atoms with Gasteiger partial charge in [0, 0.05) is 29.9 Å². The summed E-state index contributed by atoms with van der Waals surface area (Å²) in [6.07, 6.45) is 9.04. The van der Waals surface area contributed by atoms with Crippen molar-refractivity contribution in [3.63, 3.8) is 0 Å². The smallest absolute Gasteiger partial charge is 0.225 e. The lowest BCUT2D eigenvalue weighted by Crippen LogP contribution is -2.46. The number of Topliss-reactive ketones (excluding diaryl/α,β-unsaturated/α-hetero) is 1. The number of morpholine rings is 1. The lowest BCUT2D eigenvalue weighted by molar-refractivity contribution is -0.121. The molecule has 1 aliphatic heterocycles. The van der Waals surface area contributed by atoms with Crippen LogP contribution < -0.4 is 4.74 Å². The van der Waals surface area contributed by atoms with Crippen molar-refractivity contribution in [3.05, 3.63) is 16.8 Å². The second-order valence-corrected chi connectivity index (χ2v) is 9.69. The first-order chi connectivity index (χ1) is 14.2. The zero-order valence-corrected chi connectivity index (χ0v) is 17.9. The van der Waals surface area contributed by atoms with E-state index in [4.69, 9.17) is 9.47 Å². The standard InChI is InChI=1S/C22H29N3O3S/c1-14(26)15-2-7-19-18(12-15)20-21(23-13-24-22(20)29-19)28-17-5-3-16(4-6-17)25-8-10-27-11-9-25/h13,15-17H,2-12H2,1H3/t15-,16-,17-/m0/s1. The van der Waals surface area contributed by atoms with E-state index < -0.39 is 0 Å². The Labute approximate surface area is 175 Å². The van der Waals surface area contributed by atoms with Crippen LogP contribution in [0.2, 0.25) is 0 Å². The topological polar surface area (TPSA) is 64.5 Å². The maximum absolute atomic E-state index is 12.0. The highest BCUT2D eigenvalue weighted by molar-refractivity contribution is 7.18. The Bertz CT molecular complexity index is 885. The van der Waals surface area contributed by atoms with E-state index in [1.165, 1.54) is 23.3 Å². The van der Waals surface area contributed by atoms with Crippen LogP contribution in [0, 0.1) is 5.92 Å². The molecule has 0 aromatic carbocycles. The number of aryl methyl sites for hydroxylation is 1. The number of hydrogen-bond acceptors (Lipinski definition) is 7. The fourth-order valence-corrected chi connectivity index (χ4v) is 6.32. The Morgan fingerprint density at radius 1 is 1.17 bits per heavy atom. The molecule has 1 atom stereocenters. The highest BCUT2D eigenvalue weighted by atomic mass is 32.1. The molecule has 2 aromatic heterocycles. The summed E-state index contributed by atoms with van der Waals surface area (Å²) < 4.78 is 11.9. The van der Waals surface area contributed by atoms with Crippen LogP contribution in [0.25, 0.3) is 10.2 Å².